The molecule has 1 aromatic carbocycles. The van der Waals surface area contributed by atoms with Crippen molar-refractivity contribution in [2.24, 2.45) is 17.3 Å². The van der Waals surface area contributed by atoms with E-state index in [9.17, 15) is 0 Å². The molecule has 0 unspecified atom stereocenters. The second-order valence-electron chi connectivity index (χ2n) is 11.2. The van der Waals surface area contributed by atoms with Crippen molar-refractivity contribution < 1.29 is 0 Å². The van der Waals surface area contributed by atoms with Gasteiger partial charge in [-0.15, -0.1) is 0 Å². The summed E-state index contributed by atoms with van der Waals surface area (Å²) >= 11 is 0. The summed E-state index contributed by atoms with van der Waals surface area (Å²) in [6, 6.07) is 9.30. The number of nitrogens with zero attached hydrogens (tertiary/aromatic N) is 2. The minimum Gasteiger partial charge on any atom is -0.372 e. The van der Waals surface area contributed by atoms with E-state index in [2.05, 4.69) is 75.6 Å². The third-order valence-electron chi connectivity index (χ3n) is 7.04. The van der Waals surface area contributed by atoms with Gasteiger partial charge in [-0.2, -0.15) is 0 Å². The van der Waals surface area contributed by atoms with E-state index in [1.54, 1.807) is 0 Å². The number of likely N-dealkylation sites (tertiary alicyclic amines) is 1. The molecule has 0 aromatic heterocycles. The predicted molar refractivity (Wildman–Crippen MR) is 119 cm³/mol. The largest absolute Gasteiger partial charge is 0.372 e. The predicted octanol–water partition coefficient (Wildman–Crippen LogP) is 5.96. The fourth-order valence-corrected chi connectivity index (χ4v) is 4.89. The summed E-state index contributed by atoms with van der Waals surface area (Å²) in [6.07, 6.45) is 5.48. The van der Waals surface area contributed by atoms with Crippen LogP contribution in [0.2, 0.25) is 0 Å². The molecule has 0 radical (unpaired) electrons. The summed E-state index contributed by atoms with van der Waals surface area (Å²) in [6.45, 7) is 20.5. The van der Waals surface area contributed by atoms with Crippen molar-refractivity contribution in [2.75, 3.05) is 37.6 Å². The Morgan fingerprint density at radius 1 is 0.778 bits per heavy atom. The lowest BCUT2D eigenvalue weighted by Crippen LogP contribution is -2.43. The molecule has 2 nitrogen and oxygen atoms in total. The Bertz CT molecular complexity index is 574. The van der Waals surface area contributed by atoms with Crippen molar-refractivity contribution in [2.45, 2.75) is 72.6 Å². The number of anilines is 1. The number of hydrogen-bond acceptors (Lipinski definition) is 2. The first kappa shape index (κ1) is 20.7. The minimum absolute atomic E-state index is 0.242. The highest BCUT2D eigenvalue weighted by Gasteiger charge is 2.30. The molecule has 0 aliphatic carbocycles. The van der Waals surface area contributed by atoms with Crippen LogP contribution in [0.4, 0.5) is 5.69 Å². The molecular formula is C25H42N2. The Labute approximate surface area is 168 Å². The van der Waals surface area contributed by atoms with Gasteiger partial charge in [0, 0.05) is 25.3 Å². The van der Waals surface area contributed by atoms with Crippen LogP contribution in [0.15, 0.2) is 24.3 Å². The summed E-state index contributed by atoms with van der Waals surface area (Å²) in [5.74, 6) is 1.80. The summed E-state index contributed by atoms with van der Waals surface area (Å²) < 4.78 is 0. The lowest BCUT2D eigenvalue weighted by molar-refractivity contribution is 0.0971. The van der Waals surface area contributed by atoms with E-state index in [1.807, 2.05) is 0 Å². The highest BCUT2D eigenvalue weighted by atomic mass is 15.2. The summed E-state index contributed by atoms with van der Waals surface area (Å²) in [5.41, 5.74) is 3.57. The fraction of sp³-hybridized carbons (Fsp3) is 0.760. The molecule has 0 amide bonds. The molecular weight excluding hydrogens is 328 g/mol. The normalized spacial score (nSPS) is 21.6. The van der Waals surface area contributed by atoms with E-state index in [1.165, 1.54) is 69.7 Å². The molecule has 0 bridgehead atoms. The van der Waals surface area contributed by atoms with Crippen LogP contribution in [-0.4, -0.2) is 37.6 Å². The maximum atomic E-state index is 2.75. The van der Waals surface area contributed by atoms with Gasteiger partial charge in [0.05, 0.1) is 0 Å². The van der Waals surface area contributed by atoms with Crippen molar-refractivity contribution in [1.82, 2.24) is 4.90 Å². The van der Waals surface area contributed by atoms with Crippen LogP contribution < -0.4 is 4.90 Å². The van der Waals surface area contributed by atoms with Gasteiger partial charge >= 0.3 is 0 Å². The van der Waals surface area contributed by atoms with Gasteiger partial charge in [-0.05, 0) is 79.1 Å². The first-order valence-electron chi connectivity index (χ1n) is 11.2. The summed E-state index contributed by atoms with van der Waals surface area (Å²) in [5, 5.41) is 0. The number of piperidine rings is 2. The van der Waals surface area contributed by atoms with Crippen molar-refractivity contribution in [3.05, 3.63) is 29.8 Å². The monoisotopic (exact) mass is 370 g/mol. The molecule has 2 heteroatoms. The standard InChI is InChI=1S/C25H42N2/c1-24(2,3)21-7-9-23(10-8-21)27-17-11-20(12-18-27)19-26-15-13-22(14-16-26)25(4,5)6/h7-10,20,22H,11-19H2,1-6H3. The van der Waals surface area contributed by atoms with Gasteiger partial charge in [-0.3, -0.25) is 0 Å². The van der Waals surface area contributed by atoms with E-state index in [4.69, 9.17) is 0 Å². The van der Waals surface area contributed by atoms with Crippen LogP contribution in [0.3, 0.4) is 0 Å². The molecule has 27 heavy (non-hydrogen) atoms. The lowest BCUT2D eigenvalue weighted by atomic mass is 9.75. The van der Waals surface area contributed by atoms with Crippen molar-refractivity contribution in [3.8, 4) is 0 Å². The smallest absolute Gasteiger partial charge is 0.0366 e. The summed E-state index contributed by atoms with van der Waals surface area (Å²) in [4.78, 5) is 5.34. The van der Waals surface area contributed by atoms with E-state index in [0.717, 1.165) is 11.8 Å². The van der Waals surface area contributed by atoms with Crippen LogP contribution in [0.1, 0.15) is 72.8 Å². The first-order valence-corrected chi connectivity index (χ1v) is 11.2. The summed E-state index contributed by atoms with van der Waals surface area (Å²) in [7, 11) is 0. The Morgan fingerprint density at radius 2 is 1.33 bits per heavy atom. The van der Waals surface area contributed by atoms with E-state index >= 15 is 0 Å². The minimum atomic E-state index is 0.242. The number of hydrogen-bond donors (Lipinski definition) is 0. The molecule has 2 aliphatic rings. The Kier molecular flexibility index (Phi) is 6.25. The van der Waals surface area contributed by atoms with Crippen LogP contribution in [-0.2, 0) is 5.41 Å². The fourth-order valence-electron chi connectivity index (χ4n) is 4.89. The third kappa shape index (κ3) is 5.50. The molecule has 0 saturated carbocycles. The molecule has 0 N–H and O–H groups in total. The van der Waals surface area contributed by atoms with Crippen LogP contribution in [0.5, 0.6) is 0 Å². The maximum Gasteiger partial charge on any atom is 0.0366 e. The molecule has 2 heterocycles. The van der Waals surface area contributed by atoms with Gasteiger partial charge in [0.25, 0.3) is 0 Å². The van der Waals surface area contributed by atoms with E-state index in [-0.39, 0.29) is 5.41 Å². The highest BCUT2D eigenvalue weighted by Crippen LogP contribution is 2.35. The average Bonchev–Trinajstić information content (AvgIpc) is 2.61. The Morgan fingerprint density at radius 3 is 1.81 bits per heavy atom. The molecule has 152 valence electrons. The van der Waals surface area contributed by atoms with E-state index in [0.29, 0.717) is 5.41 Å². The lowest BCUT2D eigenvalue weighted by Gasteiger charge is -2.41. The third-order valence-corrected chi connectivity index (χ3v) is 7.04. The molecule has 3 rings (SSSR count). The Hall–Kier alpha value is -1.02. The number of rotatable bonds is 3. The SMILES string of the molecule is CC(C)(C)c1ccc(N2CCC(CN3CCC(C(C)(C)C)CC3)CC2)cc1. The average molecular weight is 371 g/mol. The maximum absolute atomic E-state index is 2.75. The molecule has 0 spiro atoms. The number of benzene rings is 1. The van der Waals surface area contributed by atoms with E-state index < -0.39 is 0 Å². The zero-order valence-electron chi connectivity index (χ0n) is 18.7. The molecule has 2 saturated heterocycles. The quantitative estimate of drug-likeness (QED) is 0.648. The van der Waals surface area contributed by atoms with Crippen molar-refractivity contribution >= 4 is 5.69 Å². The first-order chi connectivity index (χ1) is 12.6. The van der Waals surface area contributed by atoms with Crippen LogP contribution in [0, 0.1) is 17.3 Å². The molecule has 1 aromatic rings. The van der Waals surface area contributed by atoms with Gasteiger partial charge in [0.2, 0.25) is 0 Å². The topological polar surface area (TPSA) is 6.48 Å². The molecule has 0 atom stereocenters. The van der Waals surface area contributed by atoms with Crippen LogP contribution in [0.25, 0.3) is 0 Å². The highest BCUT2D eigenvalue weighted by molar-refractivity contribution is 5.48. The van der Waals surface area contributed by atoms with Gasteiger partial charge in [0.15, 0.2) is 0 Å². The van der Waals surface area contributed by atoms with Gasteiger partial charge < -0.3 is 9.80 Å². The van der Waals surface area contributed by atoms with Gasteiger partial charge in [-0.1, -0.05) is 53.7 Å². The van der Waals surface area contributed by atoms with Crippen molar-refractivity contribution in [1.29, 1.82) is 0 Å². The van der Waals surface area contributed by atoms with Crippen LogP contribution >= 0.6 is 0 Å². The van der Waals surface area contributed by atoms with Crippen molar-refractivity contribution in [3.63, 3.8) is 0 Å². The second-order valence-corrected chi connectivity index (χ2v) is 11.2. The molecule has 2 fully saturated rings. The van der Waals surface area contributed by atoms with Gasteiger partial charge in [-0.25, -0.2) is 0 Å². The zero-order chi connectivity index (χ0) is 19.7. The second kappa shape index (κ2) is 8.15. The van der Waals surface area contributed by atoms with Gasteiger partial charge in [0.1, 0.15) is 0 Å². The molecule has 2 aliphatic heterocycles. The zero-order valence-corrected chi connectivity index (χ0v) is 18.7. The Balaban J connectivity index is 1.44.